The van der Waals surface area contributed by atoms with E-state index in [1.165, 1.54) is 36.4 Å². The summed E-state index contributed by atoms with van der Waals surface area (Å²) >= 11 is 0. The molecule has 3 unspecified atom stereocenters. The summed E-state index contributed by atoms with van der Waals surface area (Å²) in [5, 5.41) is 3.67. The summed E-state index contributed by atoms with van der Waals surface area (Å²) in [4.78, 5) is 74.6. The molecular weight excluding hydrogens is 718 g/mol. The van der Waals surface area contributed by atoms with Gasteiger partial charge in [-0.3, -0.25) is 28.9 Å². The zero-order chi connectivity index (χ0) is 38.5. The number of benzene rings is 4. The van der Waals surface area contributed by atoms with Crippen LogP contribution in [0.25, 0.3) is 10.9 Å². The molecule has 0 radical (unpaired) electrons. The molecule has 0 spiro atoms. The number of imide groups is 1. The number of aromatic nitrogens is 1. The third-order valence-corrected chi connectivity index (χ3v) is 9.73. The molecule has 2 N–H and O–H groups in total. The number of piperazine rings is 1. The van der Waals surface area contributed by atoms with Crippen molar-refractivity contribution in [1.82, 2.24) is 20.1 Å². The van der Waals surface area contributed by atoms with Crippen molar-refractivity contribution in [2.45, 2.75) is 36.9 Å². The van der Waals surface area contributed by atoms with Gasteiger partial charge in [-0.1, -0.05) is 66.7 Å². The number of amides is 3. The highest BCUT2D eigenvalue weighted by Crippen LogP contribution is 2.37. The topological polar surface area (TPSA) is 120 Å². The number of nitrogens with zero attached hydrogens (tertiary/aromatic N) is 2. The van der Waals surface area contributed by atoms with Crippen LogP contribution in [0.5, 0.6) is 0 Å². The maximum absolute atomic E-state index is 14.7. The fourth-order valence-corrected chi connectivity index (χ4v) is 7.27. The van der Waals surface area contributed by atoms with Crippen LogP contribution in [-0.2, 0) is 23.6 Å². The summed E-state index contributed by atoms with van der Waals surface area (Å²) in [5.41, 5.74) is -3.21. The zero-order valence-corrected chi connectivity index (χ0v) is 27.9. The highest BCUT2D eigenvalue weighted by atomic mass is 19.4. The number of halogens is 6. The maximum atomic E-state index is 14.7. The van der Waals surface area contributed by atoms with Gasteiger partial charge in [0.25, 0.3) is 11.8 Å². The number of hydrogen-bond acceptors (Lipinski definition) is 6. The molecule has 2 aliphatic rings. The van der Waals surface area contributed by atoms with E-state index in [9.17, 15) is 50.3 Å². The van der Waals surface area contributed by atoms with Crippen molar-refractivity contribution < 1.29 is 50.3 Å². The average molecular weight is 747 g/mol. The molecule has 3 atom stereocenters. The van der Waals surface area contributed by atoms with Gasteiger partial charge in [0, 0.05) is 40.8 Å². The van der Waals surface area contributed by atoms with E-state index in [0.717, 1.165) is 24.3 Å². The number of nitrogens with one attached hydrogen (secondary N) is 2. The van der Waals surface area contributed by atoms with Crippen LogP contribution in [0, 0.1) is 0 Å². The number of aromatic amines is 1. The van der Waals surface area contributed by atoms with Gasteiger partial charge >= 0.3 is 12.4 Å². The Hall–Kier alpha value is -6.09. The fourth-order valence-electron chi connectivity index (χ4n) is 7.27. The molecule has 0 aliphatic carbocycles. The molecule has 7 rings (SSSR count). The molecule has 5 aromatic rings. The van der Waals surface area contributed by atoms with E-state index in [2.05, 4.69) is 10.3 Å². The number of para-hydroxylation sites is 1. The highest BCUT2D eigenvalue weighted by Gasteiger charge is 2.50. The van der Waals surface area contributed by atoms with Gasteiger partial charge in [0.15, 0.2) is 11.6 Å². The number of rotatable bonds is 8. The van der Waals surface area contributed by atoms with E-state index < -0.39 is 95.1 Å². The Morgan fingerprint density at radius 1 is 0.685 bits per heavy atom. The first-order chi connectivity index (χ1) is 25.7. The van der Waals surface area contributed by atoms with Crippen molar-refractivity contribution in [3.05, 3.63) is 142 Å². The second kappa shape index (κ2) is 13.7. The smallest absolute Gasteiger partial charge is 0.361 e. The molecule has 1 saturated heterocycles. The van der Waals surface area contributed by atoms with E-state index in [4.69, 9.17) is 0 Å². The number of carbonyl (C=O) groups is 5. The number of hydrogen-bond donors (Lipinski definition) is 2. The zero-order valence-electron chi connectivity index (χ0n) is 27.9. The van der Waals surface area contributed by atoms with Crippen LogP contribution in [0.1, 0.15) is 58.1 Å². The van der Waals surface area contributed by atoms with Gasteiger partial charge in [0.2, 0.25) is 5.91 Å². The molecule has 276 valence electrons. The molecule has 54 heavy (non-hydrogen) atoms. The lowest BCUT2D eigenvalue weighted by Crippen LogP contribution is -2.70. The summed E-state index contributed by atoms with van der Waals surface area (Å²) in [6.45, 7) is -1.60. The van der Waals surface area contributed by atoms with Crippen molar-refractivity contribution in [3.63, 3.8) is 0 Å². The van der Waals surface area contributed by atoms with Crippen molar-refractivity contribution in [2.75, 3.05) is 13.1 Å². The largest absolute Gasteiger partial charge is 0.417 e. The van der Waals surface area contributed by atoms with Crippen molar-refractivity contribution >= 4 is 40.2 Å². The van der Waals surface area contributed by atoms with Crippen molar-refractivity contribution in [1.29, 1.82) is 0 Å². The number of Topliss-reactive ketones (excluding diaryl/α,β-unsaturated/α-hetero) is 2. The molecule has 4 aromatic carbocycles. The maximum Gasteiger partial charge on any atom is 0.417 e. The van der Waals surface area contributed by atoms with Gasteiger partial charge in [-0.25, -0.2) is 0 Å². The Kier molecular flexibility index (Phi) is 9.21. The van der Waals surface area contributed by atoms with Gasteiger partial charge < -0.3 is 15.2 Å². The van der Waals surface area contributed by atoms with Crippen LogP contribution in [0.2, 0.25) is 0 Å². The monoisotopic (exact) mass is 746 g/mol. The van der Waals surface area contributed by atoms with Crippen LogP contribution >= 0.6 is 0 Å². The quantitative estimate of drug-likeness (QED) is 0.109. The first-order valence-corrected chi connectivity index (χ1v) is 16.6. The normalized spacial score (nSPS) is 19.0. The predicted molar refractivity (Wildman–Crippen MR) is 182 cm³/mol. The van der Waals surface area contributed by atoms with Crippen LogP contribution < -0.4 is 5.32 Å². The second-order valence-corrected chi connectivity index (χ2v) is 12.9. The molecule has 3 heterocycles. The highest BCUT2D eigenvalue weighted by molar-refractivity contribution is 6.22. The summed E-state index contributed by atoms with van der Waals surface area (Å²) in [5.74, 6) is -5.52. The van der Waals surface area contributed by atoms with E-state index in [-0.39, 0.29) is 17.5 Å². The molecular formula is C39H28F6N4O5. The Morgan fingerprint density at radius 3 is 1.80 bits per heavy atom. The first kappa shape index (κ1) is 36.3. The van der Waals surface area contributed by atoms with Gasteiger partial charge in [0.1, 0.15) is 18.6 Å². The molecule has 2 aliphatic heterocycles. The van der Waals surface area contributed by atoms with Gasteiger partial charge in [-0.05, 0) is 42.3 Å². The third-order valence-electron chi connectivity index (χ3n) is 9.73. The van der Waals surface area contributed by atoms with Crippen LogP contribution in [0.3, 0.4) is 0 Å². The third kappa shape index (κ3) is 6.44. The Morgan fingerprint density at radius 2 is 1.20 bits per heavy atom. The number of carbonyl (C=O) groups excluding carboxylic acids is 5. The number of fused-ring (bicyclic) bond motifs is 2. The van der Waals surface area contributed by atoms with E-state index in [0.29, 0.717) is 38.4 Å². The van der Waals surface area contributed by atoms with Crippen LogP contribution in [-0.4, -0.2) is 75.3 Å². The number of alkyl halides is 6. The summed E-state index contributed by atoms with van der Waals surface area (Å²) in [6.07, 6.45) is -8.57. The van der Waals surface area contributed by atoms with Gasteiger partial charge in [0.05, 0.1) is 22.3 Å². The molecule has 15 heteroatoms. The summed E-state index contributed by atoms with van der Waals surface area (Å²) < 4.78 is 85.8. The Balaban J connectivity index is 1.38. The molecule has 0 bridgehead atoms. The van der Waals surface area contributed by atoms with E-state index >= 15 is 0 Å². The summed E-state index contributed by atoms with van der Waals surface area (Å²) in [7, 11) is 0. The SMILES string of the molecule is O=C(c1ccccc1C(F)(F)F)C1CNC(Cc2c[nH]c3ccccc23)C(C(=O)c2ccccc2C(F)(F)F)N1C(=O)CN1C(=O)c2ccccc2C1=O. The van der Waals surface area contributed by atoms with Crippen LogP contribution in [0.4, 0.5) is 26.3 Å². The van der Waals surface area contributed by atoms with E-state index in [1.54, 1.807) is 30.5 Å². The molecule has 0 saturated carbocycles. The number of H-pyrrole nitrogens is 1. The molecule has 1 fully saturated rings. The molecule has 1 aromatic heterocycles. The minimum atomic E-state index is -5.05. The van der Waals surface area contributed by atoms with Crippen molar-refractivity contribution in [3.8, 4) is 0 Å². The second-order valence-electron chi connectivity index (χ2n) is 12.9. The lowest BCUT2D eigenvalue weighted by Gasteiger charge is -2.46. The standard InChI is InChI=1S/C39H28F6N4O5/c40-38(41,42)27-14-6-3-12-25(27)34(51)31-19-47-30(17-21-18-46-29-16-8-5-9-22(21)29)33(35(52)26-13-4-7-15-28(26)39(43,44)45)49(31)32(50)20-48-36(53)23-10-1-2-11-24(23)37(48)54/h1-16,18,30-31,33,46-47H,17,19-20H2. The molecule has 9 nitrogen and oxygen atoms in total. The number of ketones is 2. The Bertz CT molecular complexity index is 2300. The minimum absolute atomic E-state index is 0.0358. The average Bonchev–Trinajstić information content (AvgIpc) is 3.67. The Labute approximate surface area is 302 Å². The molecule has 3 amide bonds. The van der Waals surface area contributed by atoms with E-state index in [1.807, 2.05) is 0 Å². The predicted octanol–water partition coefficient (Wildman–Crippen LogP) is 6.35. The lowest BCUT2D eigenvalue weighted by molar-refractivity contribution is -0.138. The first-order valence-electron chi connectivity index (χ1n) is 16.6. The minimum Gasteiger partial charge on any atom is -0.361 e. The lowest BCUT2D eigenvalue weighted by atomic mass is 9.84. The van der Waals surface area contributed by atoms with Crippen molar-refractivity contribution in [2.24, 2.45) is 0 Å². The fraction of sp³-hybridized carbons (Fsp3) is 0.205. The van der Waals surface area contributed by atoms with Gasteiger partial charge in [-0.15, -0.1) is 0 Å². The van der Waals surface area contributed by atoms with Crippen LogP contribution in [0.15, 0.2) is 103 Å². The summed E-state index contributed by atoms with van der Waals surface area (Å²) in [6, 6.07) is 15.2. The van der Waals surface area contributed by atoms with Gasteiger partial charge in [-0.2, -0.15) is 26.3 Å².